The van der Waals surface area contributed by atoms with Crippen LogP contribution in [0.2, 0.25) is 0 Å². The summed E-state index contributed by atoms with van der Waals surface area (Å²) in [6, 6.07) is 11.8. The van der Waals surface area contributed by atoms with E-state index in [9.17, 15) is 14.7 Å². The molecule has 1 aromatic carbocycles. The van der Waals surface area contributed by atoms with E-state index >= 15 is 0 Å². The highest BCUT2D eigenvalue weighted by molar-refractivity contribution is 5.81. The Kier molecular flexibility index (Phi) is 3.95. The zero-order valence-electron chi connectivity index (χ0n) is 14.5. The van der Waals surface area contributed by atoms with E-state index < -0.39 is 6.09 Å². The van der Waals surface area contributed by atoms with Crippen molar-refractivity contribution >= 4 is 17.1 Å². The second kappa shape index (κ2) is 6.29. The third-order valence-electron chi connectivity index (χ3n) is 4.91. The second-order valence-electron chi connectivity index (χ2n) is 6.67. The summed E-state index contributed by atoms with van der Waals surface area (Å²) < 4.78 is 1.66. The lowest BCUT2D eigenvalue weighted by molar-refractivity contribution is 0.139. The topological polar surface area (TPSA) is 75.4 Å². The molecule has 26 heavy (non-hydrogen) atoms. The normalized spacial score (nSPS) is 13.7. The molecule has 6 nitrogen and oxygen atoms in total. The molecule has 0 radical (unpaired) electrons. The molecule has 2 aromatic heterocycles. The van der Waals surface area contributed by atoms with Gasteiger partial charge in [0.1, 0.15) is 5.65 Å². The van der Waals surface area contributed by atoms with Crippen LogP contribution in [0.3, 0.4) is 0 Å². The lowest BCUT2D eigenvalue weighted by Gasteiger charge is -2.27. The molecule has 132 valence electrons. The summed E-state index contributed by atoms with van der Waals surface area (Å²) in [5.74, 6) is 0. The number of aromatic nitrogens is 2. The molecule has 1 aliphatic rings. The SMILES string of the molecule is Cc1cccc(Cn2c(=O)c3c(c4cccnc42)CCN(C(=O)O)C3)c1. The predicted octanol–water partition coefficient (Wildman–Crippen LogP) is 2.79. The summed E-state index contributed by atoms with van der Waals surface area (Å²) in [6.07, 6.45) is 1.23. The molecule has 0 aliphatic carbocycles. The molecule has 3 aromatic rings. The Hall–Kier alpha value is -3.15. The van der Waals surface area contributed by atoms with E-state index in [1.807, 2.05) is 43.3 Å². The highest BCUT2D eigenvalue weighted by Gasteiger charge is 2.26. The van der Waals surface area contributed by atoms with Gasteiger partial charge in [-0.25, -0.2) is 9.78 Å². The van der Waals surface area contributed by atoms with Crippen molar-refractivity contribution in [1.82, 2.24) is 14.5 Å². The number of amides is 1. The largest absolute Gasteiger partial charge is 0.465 e. The first kappa shape index (κ1) is 16.3. The summed E-state index contributed by atoms with van der Waals surface area (Å²) in [4.78, 5) is 30.3. The first-order valence-corrected chi connectivity index (χ1v) is 8.57. The van der Waals surface area contributed by atoms with Crippen LogP contribution in [0.4, 0.5) is 4.79 Å². The van der Waals surface area contributed by atoms with E-state index in [-0.39, 0.29) is 12.1 Å². The summed E-state index contributed by atoms with van der Waals surface area (Å²) in [5.41, 5.74) is 4.14. The molecular weight excluding hydrogens is 330 g/mol. The van der Waals surface area contributed by atoms with Crippen LogP contribution in [0, 0.1) is 6.92 Å². The van der Waals surface area contributed by atoms with Crippen molar-refractivity contribution in [1.29, 1.82) is 0 Å². The molecule has 0 unspecified atom stereocenters. The Labute approximate surface area is 150 Å². The van der Waals surface area contributed by atoms with Gasteiger partial charge in [0.25, 0.3) is 5.56 Å². The number of rotatable bonds is 2. The Morgan fingerprint density at radius 1 is 1.23 bits per heavy atom. The highest BCUT2D eigenvalue weighted by Crippen LogP contribution is 2.24. The van der Waals surface area contributed by atoms with Crippen LogP contribution in [0.15, 0.2) is 47.4 Å². The zero-order chi connectivity index (χ0) is 18.3. The summed E-state index contributed by atoms with van der Waals surface area (Å²) >= 11 is 0. The smallest absolute Gasteiger partial charge is 0.407 e. The van der Waals surface area contributed by atoms with E-state index in [1.165, 1.54) is 4.90 Å². The molecule has 4 rings (SSSR count). The molecule has 1 N–H and O–H groups in total. The number of aryl methyl sites for hydroxylation is 1. The maximum atomic E-state index is 13.2. The Morgan fingerprint density at radius 3 is 2.85 bits per heavy atom. The Balaban J connectivity index is 1.91. The first-order chi connectivity index (χ1) is 12.5. The number of pyridine rings is 2. The second-order valence-corrected chi connectivity index (χ2v) is 6.67. The van der Waals surface area contributed by atoms with Crippen LogP contribution in [0.1, 0.15) is 22.3 Å². The van der Waals surface area contributed by atoms with E-state index in [0.29, 0.717) is 30.7 Å². The zero-order valence-corrected chi connectivity index (χ0v) is 14.5. The number of carboxylic acid groups (broad SMARTS) is 1. The van der Waals surface area contributed by atoms with Gasteiger partial charge in [0.15, 0.2) is 0 Å². The maximum absolute atomic E-state index is 13.2. The summed E-state index contributed by atoms with van der Waals surface area (Å²) in [7, 11) is 0. The number of nitrogens with zero attached hydrogens (tertiary/aromatic N) is 3. The first-order valence-electron chi connectivity index (χ1n) is 8.57. The molecule has 0 bridgehead atoms. The van der Waals surface area contributed by atoms with E-state index in [4.69, 9.17) is 0 Å². The maximum Gasteiger partial charge on any atom is 0.407 e. The molecule has 0 fully saturated rings. The molecule has 0 saturated heterocycles. The number of hydrogen-bond donors (Lipinski definition) is 1. The lowest BCUT2D eigenvalue weighted by atomic mass is 9.97. The van der Waals surface area contributed by atoms with Crippen LogP contribution < -0.4 is 5.56 Å². The van der Waals surface area contributed by atoms with Crippen LogP contribution in [-0.4, -0.2) is 32.2 Å². The average Bonchev–Trinajstić information content (AvgIpc) is 2.64. The van der Waals surface area contributed by atoms with Crippen molar-refractivity contribution in [2.75, 3.05) is 6.54 Å². The number of fused-ring (bicyclic) bond motifs is 3. The number of carbonyl (C=O) groups is 1. The van der Waals surface area contributed by atoms with Gasteiger partial charge < -0.3 is 10.0 Å². The van der Waals surface area contributed by atoms with E-state index in [0.717, 1.165) is 22.1 Å². The molecule has 1 amide bonds. The minimum absolute atomic E-state index is 0.127. The average molecular weight is 349 g/mol. The Bertz CT molecular complexity index is 1070. The van der Waals surface area contributed by atoms with E-state index in [2.05, 4.69) is 4.98 Å². The quantitative estimate of drug-likeness (QED) is 0.772. The third-order valence-corrected chi connectivity index (χ3v) is 4.91. The molecule has 0 atom stereocenters. The minimum Gasteiger partial charge on any atom is -0.465 e. The van der Waals surface area contributed by atoms with Crippen LogP contribution in [-0.2, 0) is 19.5 Å². The van der Waals surface area contributed by atoms with Gasteiger partial charge in [-0.3, -0.25) is 9.36 Å². The third kappa shape index (κ3) is 2.73. The standard InChI is InChI=1S/C20H19N3O3/c1-13-4-2-5-14(10-13)11-23-18-16(6-3-8-21-18)15-7-9-22(20(25)26)12-17(15)19(23)24/h2-6,8,10H,7,9,11-12H2,1H3,(H,25,26). The fourth-order valence-electron chi connectivity index (χ4n) is 3.67. The fraction of sp³-hybridized carbons (Fsp3) is 0.250. The van der Waals surface area contributed by atoms with Crippen LogP contribution in [0.25, 0.3) is 11.0 Å². The predicted molar refractivity (Wildman–Crippen MR) is 98.4 cm³/mol. The van der Waals surface area contributed by atoms with Crippen molar-refractivity contribution in [3.8, 4) is 0 Å². The van der Waals surface area contributed by atoms with Crippen molar-refractivity contribution in [3.63, 3.8) is 0 Å². The molecule has 0 spiro atoms. The minimum atomic E-state index is -0.994. The molecule has 1 aliphatic heterocycles. The van der Waals surface area contributed by atoms with Crippen LogP contribution in [0.5, 0.6) is 0 Å². The van der Waals surface area contributed by atoms with Gasteiger partial charge in [-0.05, 0) is 36.6 Å². The fourth-order valence-corrected chi connectivity index (χ4v) is 3.67. The van der Waals surface area contributed by atoms with Crippen molar-refractivity contribution in [2.45, 2.75) is 26.4 Å². The Morgan fingerprint density at radius 2 is 2.08 bits per heavy atom. The van der Waals surface area contributed by atoms with Gasteiger partial charge in [-0.2, -0.15) is 0 Å². The summed E-state index contributed by atoms with van der Waals surface area (Å²) in [6.45, 7) is 2.95. The van der Waals surface area contributed by atoms with Gasteiger partial charge in [-0.15, -0.1) is 0 Å². The van der Waals surface area contributed by atoms with Gasteiger partial charge in [-0.1, -0.05) is 29.8 Å². The van der Waals surface area contributed by atoms with Gasteiger partial charge in [0.05, 0.1) is 13.1 Å². The number of hydrogen-bond acceptors (Lipinski definition) is 3. The number of benzene rings is 1. The molecule has 6 heteroatoms. The van der Waals surface area contributed by atoms with Crippen molar-refractivity contribution in [3.05, 3.63) is 75.2 Å². The van der Waals surface area contributed by atoms with Crippen LogP contribution >= 0.6 is 0 Å². The van der Waals surface area contributed by atoms with Gasteiger partial charge >= 0.3 is 6.09 Å². The van der Waals surface area contributed by atoms with E-state index in [1.54, 1.807) is 10.8 Å². The van der Waals surface area contributed by atoms with Crippen molar-refractivity contribution < 1.29 is 9.90 Å². The van der Waals surface area contributed by atoms with Gasteiger partial charge in [0.2, 0.25) is 0 Å². The van der Waals surface area contributed by atoms with Gasteiger partial charge in [0, 0.05) is 23.7 Å². The lowest BCUT2D eigenvalue weighted by Crippen LogP contribution is -2.40. The monoisotopic (exact) mass is 349 g/mol. The molecule has 3 heterocycles. The summed E-state index contributed by atoms with van der Waals surface area (Å²) in [5, 5.41) is 10.2. The molecular formula is C20H19N3O3. The van der Waals surface area contributed by atoms with Crippen molar-refractivity contribution in [2.24, 2.45) is 0 Å². The molecule has 0 saturated carbocycles. The highest BCUT2D eigenvalue weighted by atomic mass is 16.4.